The number of hydrogen-bond acceptors (Lipinski definition) is 3. The topological polar surface area (TPSA) is 79.3 Å². The molecule has 5 heteroatoms. The van der Waals surface area contributed by atoms with Crippen molar-refractivity contribution in [2.45, 2.75) is 6.92 Å². The molecule has 0 saturated carbocycles. The number of pyridine rings is 1. The highest BCUT2D eigenvalue weighted by Gasteiger charge is 2.06. The Morgan fingerprint density at radius 2 is 2.00 bits per heavy atom. The predicted octanol–water partition coefficient (Wildman–Crippen LogP) is 1.89. The molecule has 1 heterocycles. The van der Waals surface area contributed by atoms with Crippen LogP contribution in [0.2, 0.25) is 0 Å². The molecule has 0 bridgehead atoms. The minimum absolute atomic E-state index is 0.00442. The van der Waals surface area contributed by atoms with E-state index in [1.54, 1.807) is 24.3 Å². The summed E-state index contributed by atoms with van der Waals surface area (Å²) in [5.41, 5.74) is 1.25. The van der Waals surface area contributed by atoms with E-state index in [2.05, 4.69) is 10.3 Å². The minimum atomic E-state index is -1.06. The average Bonchev–Trinajstić information content (AvgIpc) is 2.27. The van der Waals surface area contributed by atoms with Crippen molar-refractivity contribution in [1.82, 2.24) is 4.98 Å². The summed E-state index contributed by atoms with van der Waals surface area (Å²) < 4.78 is 0. The quantitative estimate of drug-likeness (QED) is 0.825. The maximum atomic E-state index is 10.9. The van der Waals surface area contributed by atoms with Crippen molar-refractivity contribution >= 4 is 28.5 Å². The monoisotopic (exact) mass is 230 g/mol. The second kappa shape index (κ2) is 4.21. The number of carbonyl (C=O) groups is 2. The smallest absolute Gasteiger partial charge is 0.354 e. The third-order valence-corrected chi connectivity index (χ3v) is 2.23. The summed E-state index contributed by atoms with van der Waals surface area (Å²) in [6, 6.07) is 8.20. The molecule has 0 aliphatic heterocycles. The van der Waals surface area contributed by atoms with Gasteiger partial charge >= 0.3 is 5.97 Å². The van der Waals surface area contributed by atoms with Gasteiger partial charge in [-0.25, -0.2) is 9.78 Å². The molecule has 5 nitrogen and oxygen atoms in total. The van der Waals surface area contributed by atoms with Gasteiger partial charge in [0, 0.05) is 18.0 Å². The molecule has 0 saturated heterocycles. The van der Waals surface area contributed by atoms with Crippen molar-refractivity contribution in [3.05, 3.63) is 36.0 Å². The Labute approximate surface area is 97.1 Å². The number of aromatic carboxylic acids is 1. The molecule has 2 N–H and O–H groups in total. The molecular weight excluding hydrogens is 220 g/mol. The summed E-state index contributed by atoms with van der Waals surface area (Å²) in [6.07, 6.45) is 0. The van der Waals surface area contributed by atoms with E-state index in [1.165, 1.54) is 13.0 Å². The third kappa shape index (κ3) is 2.39. The van der Waals surface area contributed by atoms with Gasteiger partial charge in [-0.2, -0.15) is 0 Å². The Hall–Kier alpha value is -2.43. The second-order valence-corrected chi connectivity index (χ2v) is 3.59. The number of nitrogens with one attached hydrogen (secondary N) is 1. The maximum absolute atomic E-state index is 10.9. The number of amides is 1. The summed E-state index contributed by atoms with van der Waals surface area (Å²) in [5.74, 6) is -1.21. The number of aromatic nitrogens is 1. The molecule has 1 aromatic carbocycles. The van der Waals surface area contributed by atoms with Crippen LogP contribution >= 0.6 is 0 Å². The first-order valence-electron chi connectivity index (χ1n) is 4.98. The highest BCUT2D eigenvalue weighted by atomic mass is 16.4. The molecule has 1 amide bonds. The highest BCUT2D eigenvalue weighted by Crippen LogP contribution is 2.18. The SMILES string of the molecule is CC(=O)Nc1ccc2nc(C(=O)O)ccc2c1. The molecule has 2 rings (SSSR count). The van der Waals surface area contributed by atoms with Crippen LogP contribution in [0, 0.1) is 0 Å². The van der Waals surface area contributed by atoms with Crippen molar-refractivity contribution in [1.29, 1.82) is 0 Å². The van der Waals surface area contributed by atoms with E-state index in [1.807, 2.05) is 0 Å². The molecule has 1 aromatic heterocycles. The van der Waals surface area contributed by atoms with E-state index < -0.39 is 5.97 Å². The van der Waals surface area contributed by atoms with Crippen LogP contribution in [-0.2, 0) is 4.79 Å². The van der Waals surface area contributed by atoms with Gasteiger partial charge in [-0.05, 0) is 24.3 Å². The summed E-state index contributed by atoms with van der Waals surface area (Å²) >= 11 is 0. The van der Waals surface area contributed by atoms with Crippen molar-refractivity contribution in [2.75, 3.05) is 5.32 Å². The van der Waals surface area contributed by atoms with E-state index >= 15 is 0 Å². The average molecular weight is 230 g/mol. The minimum Gasteiger partial charge on any atom is -0.477 e. The fourth-order valence-electron chi connectivity index (χ4n) is 1.53. The van der Waals surface area contributed by atoms with Crippen LogP contribution in [0.1, 0.15) is 17.4 Å². The van der Waals surface area contributed by atoms with Crippen LogP contribution in [0.25, 0.3) is 10.9 Å². The number of anilines is 1. The molecule has 0 atom stereocenters. The first-order valence-corrected chi connectivity index (χ1v) is 4.98. The van der Waals surface area contributed by atoms with E-state index in [9.17, 15) is 9.59 Å². The van der Waals surface area contributed by atoms with Crippen LogP contribution in [-0.4, -0.2) is 22.0 Å². The first-order chi connectivity index (χ1) is 8.06. The molecule has 0 unspecified atom stereocenters. The summed E-state index contributed by atoms with van der Waals surface area (Å²) in [7, 11) is 0. The Kier molecular flexibility index (Phi) is 2.74. The fourth-order valence-corrected chi connectivity index (χ4v) is 1.53. The molecule has 2 aromatic rings. The van der Waals surface area contributed by atoms with Crippen LogP contribution in [0.15, 0.2) is 30.3 Å². The number of hydrogen-bond donors (Lipinski definition) is 2. The normalized spacial score (nSPS) is 10.2. The summed E-state index contributed by atoms with van der Waals surface area (Å²) in [5, 5.41) is 12.2. The van der Waals surface area contributed by atoms with Crippen LogP contribution in [0.5, 0.6) is 0 Å². The van der Waals surface area contributed by atoms with Gasteiger partial charge in [0.2, 0.25) is 5.91 Å². The van der Waals surface area contributed by atoms with Gasteiger partial charge in [0.1, 0.15) is 5.69 Å². The number of rotatable bonds is 2. The Balaban J connectivity index is 2.46. The van der Waals surface area contributed by atoms with Crippen LogP contribution in [0.4, 0.5) is 5.69 Å². The number of carbonyl (C=O) groups excluding carboxylic acids is 1. The standard InChI is InChI=1S/C12H10N2O3/c1-7(15)13-9-3-5-10-8(6-9)2-4-11(14-10)12(16)17/h2-6H,1H3,(H,13,15)(H,16,17). The van der Waals surface area contributed by atoms with E-state index in [4.69, 9.17) is 5.11 Å². The van der Waals surface area contributed by atoms with Gasteiger partial charge in [0.05, 0.1) is 5.52 Å². The van der Waals surface area contributed by atoms with Gasteiger partial charge in [-0.15, -0.1) is 0 Å². The molecule has 0 spiro atoms. The lowest BCUT2D eigenvalue weighted by atomic mass is 10.2. The van der Waals surface area contributed by atoms with Gasteiger partial charge in [-0.3, -0.25) is 4.79 Å². The van der Waals surface area contributed by atoms with E-state index in [-0.39, 0.29) is 11.6 Å². The number of carboxylic acid groups (broad SMARTS) is 1. The zero-order valence-corrected chi connectivity index (χ0v) is 9.10. The highest BCUT2D eigenvalue weighted by molar-refractivity contribution is 5.94. The predicted molar refractivity (Wildman–Crippen MR) is 63.0 cm³/mol. The lowest BCUT2D eigenvalue weighted by molar-refractivity contribution is -0.114. The van der Waals surface area contributed by atoms with Crippen LogP contribution in [0.3, 0.4) is 0 Å². The maximum Gasteiger partial charge on any atom is 0.354 e. The van der Waals surface area contributed by atoms with Crippen molar-refractivity contribution in [3.63, 3.8) is 0 Å². The Morgan fingerprint density at radius 3 is 2.65 bits per heavy atom. The zero-order chi connectivity index (χ0) is 12.4. The van der Waals surface area contributed by atoms with Gasteiger partial charge in [-0.1, -0.05) is 6.07 Å². The Morgan fingerprint density at radius 1 is 1.24 bits per heavy atom. The summed E-state index contributed by atoms with van der Waals surface area (Å²) in [6.45, 7) is 1.43. The van der Waals surface area contributed by atoms with E-state index in [0.717, 1.165) is 5.39 Å². The van der Waals surface area contributed by atoms with Crippen molar-refractivity contribution in [2.24, 2.45) is 0 Å². The molecular formula is C12H10N2O3. The van der Waals surface area contributed by atoms with Crippen LogP contribution < -0.4 is 5.32 Å². The first kappa shape index (κ1) is 11.1. The molecule has 0 radical (unpaired) electrons. The molecule has 17 heavy (non-hydrogen) atoms. The number of fused-ring (bicyclic) bond motifs is 1. The largest absolute Gasteiger partial charge is 0.477 e. The zero-order valence-electron chi connectivity index (χ0n) is 9.10. The molecule has 0 aliphatic carbocycles. The van der Waals surface area contributed by atoms with Gasteiger partial charge in [0.15, 0.2) is 0 Å². The number of benzene rings is 1. The Bertz CT molecular complexity index is 608. The molecule has 0 aliphatic rings. The third-order valence-electron chi connectivity index (χ3n) is 2.23. The number of nitrogens with zero attached hydrogens (tertiary/aromatic N) is 1. The lowest BCUT2D eigenvalue weighted by Gasteiger charge is -2.04. The number of carboxylic acids is 1. The molecule has 0 fully saturated rings. The second-order valence-electron chi connectivity index (χ2n) is 3.59. The summed E-state index contributed by atoms with van der Waals surface area (Å²) in [4.78, 5) is 25.6. The van der Waals surface area contributed by atoms with Gasteiger partial charge < -0.3 is 10.4 Å². The fraction of sp³-hybridized carbons (Fsp3) is 0.0833. The van der Waals surface area contributed by atoms with Gasteiger partial charge in [0.25, 0.3) is 0 Å². The van der Waals surface area contributed by atoms with Crippen molar-refractivity contribution < 1.29 is 14.7 Å². The van der Waals surface area contributed by atoms with Crippen molar-refractivity contribution in [3.8, 4) is 0 Å². The lowest BCUT2D eigenvalue weighted by Crippen LogP contribution is -2.05. The van der Waals surface area contributed by atoms with E-state index in [0.29, 0.717) is 11.2 Å². The molecule has 86 valence electrons.